The van der Waals surface area contributed by atoms with Crippen LogP contribution in [0.4, 0.5) is 0 Å². The number of hydrogen-bond acceptors (Lipinski definition) is 8. The third kappa shape index (κ3) is 2.88. The fourth-order valence-electron chi connectivity index (χ4n) is 8.63. The predicted octanol–water partition coefficient (Wildman–Crippen LogP) is 1.49. The van der Waals surface area contributed by atoms with E-state index in [0.29, 0.717) is 29.6 Å². The molecular formula is C28H38O8. The monoisotopic (exact) mass is 502 g/mol. The lowest BCUT2D eigenvalue weighted by atomic mass is 9.43. The summed E-state index contributed by atoms with van der Waals surface area (Å²) in [6.45, 7) is 6.26. The quantitative estimate of drug-likeness (QED) is 0.365. The Bertz CT molecular complexity index is 1100. The van der Waals surface area contributed by atoms with Crippen LogP contribution in [0.25, 0.3) is 0 Å². The third-order valence-electron chi connectivity index (χ3n) is 11.2. The molecule has 0 spiro atoms. The summed E-state index contributed by atoms with van der Waals surface area (Å²) in [4.78, 5) is 25.6. The molecule has 0 radical (unpaired) electrons. The highest BCUT2D eigenvalue weighted by atomic mass is 16.6. The first-order valence-electron chi connectivity index (χ1n) is 13.0. The SMILES string of the molecule is CC1=C(CO)C[C@H]([C@](C)(O)[C@]2(O)CC[C@@]3(O)[C@@H]4C[C@@H](O)C5=CC=CC(=O)[C@]5(C)[C@H]4CC[C@]23C)OC1=O. The molecule has 5 rings (SSSR count). The molecule has 0 aromatic carbocycles. The van der Waals surface area contributed by atoms with E-state index in [1.54, 1.807) is 19.9 Å². The largest absolute Gasteiger partial charge is 0.455 e. The number of rotatable bonds is 3. The van der Waals surface area contributed by atoms with Gasteiger partial charge in [-0.05, 0) is 81.9 Å². The molecule has 1 aliphatic heterocycles. The van der Waals surface area contributed by atoms with Crippen molar-refractivity contribution in [3.63, 3.8) is 0 Å². The van der Waals surface area contributed by atoms with Gasteiger partial charge in [0.05, 0.1) is 23.7 Å². The Morgan fingerprint density at radius 1 is 1.14 bits per heavy atom. The molecule has 36 heavy (non-hydrogen) atoms. The molecule has 8 nitrogen and oxygen atoms in total. The molecule has 0 unspecified atom stereocenters. The molecule has 198 valence electrons. The summed E-state index contributed by atoms with van der Waals surface area (Å²) in [6, 6.07) is 0. The molecule has 3 fully saturated rings. The van der Waals surface area contributed by atoms with Crippen molar-refractivity contribution in [3.8, 4) is 0 Å². The van der Waals surface area contributed by atoms with Crippen molar-refractivity contribution in [1.82, 2.24) is 0 Å². The van der Waals surface area contributed by atoms with Crippen molar-refractivity contribution in [2.24, 2.45) is 22.7 Å². The average molecular weight is 503 g/mol. The van der Waals surface area contributed by atoms with Crippen molar-refractivity contribution in [2.75, 3.05) is 6.61 Å². The van der Waals surface area contributed by atoms with Gasteiger partial charge in [-0.3, -0.25) is 4.79 Å². The summed E-state index contributed by atoms with van der Waals surface area (Å²) in [5, 5.41) is 57.4. The van der Waals surface area contributed by atoms with Gasteiger partial charge in [0.25, 0.3) is 0 Å². The zero-order valence-corrected chi connectivity index (χ0v) is 21.5. The van der Waals surface area contributed by atoms with E-state index < -0.39 is 51.7 Å². The average Bonchev–Trinajstić information content (AvgIpc) is 3.05. The van der Waals surface area contributed by atoms with Gasteiger partial charge in [0, 0.05) is 17.4 Å². The number of hydrogen-bond donors (Lipinski definition) is 5. The van der Waals surface area contributed by atoms with Crippen molar-refractivity contribution in [2.45, 2.75) is 95.2 Å². The van der Waals surface area contributed by atoms with Crippen LogP contribution < -0.4 is 0 Å². The van der Waals surface area contributed by atoms with Gasteiger partial charge in [0.2, 0.25) is 0 Å². The van der Waals surface area contributed by atoms with Gasteiger partial charge in [-0.1, -0.05) is 19.1 Å². The molecule has 0 bridgehead atoms. The number of ether oxygens (including phenoxy) is 1. The molecule has 9 atom stereocenters. The number of esters is 1. The first-order valence-corrected chi connectivity index (χ1v) is 13.0. The maximum atomic E-state index is 13.2. The Morgan fingerprint density at radius 3 is 2.50 bits per heavy atom. The lowest BCUT2D eigenvalue weighted by Gasteiger charge is -2.64. The lowest BCUT2D eigenvalue weighted by Crippen LogP contribution is -2.72. The Kier molecular flexibility index (Phi) is 5.61. The van der Waals surface area contributed by atoms with Gasteiger partial charge >= 0.3 is 5.97 Å². The number of carbonyl (C=O) groups excluding carboxylic acids is 2. The zero-order chi connectivity index (χ0) is 26.5. The molecule has 5 N–H and O–H groups in total. The Labute approximate surface area is 211 Å². The van der Waals surface area contributed by atoms with Crippen LogP contribution in [0.2, 0.25) is 0 Å². The fourth-order valence-corrected chi connectivity index (χ4v) is 8.63. The minimum absolute atomic E-state index is 0.0603. The highest BCUT2D eigenvalue weighted by Crippen LogP contribution is 2.70. The van der Waals surface area contributed by atoms with E-state index in [4.69, 9.17) is 4.74 Å². The van der Waals surface area contributed by atoms with Crippen LogP contribution in [0.15, 0.2) is 34.9 Å². The minimum atomic E-state index is -1.93. The molecule has 5 aliphatic rings. The first kappa shape index (κ1) is 25.8. The maximum Gasteiger partial charge on any atom is 0.334 e. The summed E-state index contributed by atoms with van der Waals surface area (Å²) in [5.41, 5.74) is -5.92. The molecule has 3 saturated carbocycles. The molecule has 0 aromatic heterocycles. The summed E-state index contributed by atoms with van der Waals surface area (Å²) >= 11 is 0. The number of allylic oxidation sites excluding steroid dienone is 3. The number of cyclic esters (lactones) is 1. The summed E-state index contributed by atoms with van der Waals surface area (Å²) < 4.78 is 5.56. The summed E-state index contributed by atoms with van der Waals surface area (Å²) in [7, 11) is 0. The zero-order valence-electron chi connectivity index (χ0n) is 21.5. The molecule has 0 aromatic rings. The topological polar surface area (TPSA) is 145 Å². The normalized spacial score (nSPS) is 48.0. The van der Waals surface area contributed by atoms with Crippen LogP contribution in [-0.2, 0) is 14.3 Å². The van der Waals surface area contributed by atoms with E-state index >= 15 is 0 Å². The number of fused-ring (bicyclic) bond motifs is 5. The Morgan fingerprint density at radius 2 is 1.83 bits per heavy atom. The van der Waals surface area contributed by atoms with E-state index in [1.807, 2.05) is 13.0 Å². The van der Waals surface area contributed by atoms with E-state index in [-0.39, 0.29) is 44.0 Å². The van der Waals surface area contributed by atoms with E-state index in [9.17, 15) is 35.1 Å². The second-order valence-corrected chi connectivity index (χ2v) is 12.3. The highest BCUT2D eigenvalue weighted by molar-refractivity contribution is 5.99. The van der Waals surface area contributed by atoms with Crippen LogP contribution in [0.3, 0.4) is 0 Å². The van der Waals surface area contributed by atoms with E-state index in [0.717, 1.165) is 0 Å². The number of aliphatic hydroxyl groups excluding tert-OH is 2. The van der Waals surface area contributed by atoms with E-state index in [1.165, 1.54) is 13.0 Å². The smallest absolute Gasteiger partial charge is 0.334 e. The lowest BCUT2D eigenvalue weighted by molar-refractivity contribution is -0.282. The van der Waals surface area contributed by atoms with Crippen LogP contribution in [0, 0.1) is 22.7 Å². The van der Waals surface area contributed by atoms with Crippen LogP contribution in [0.5, 0.6) is 0 Å². The van der Waals surface area contributed by atoms with Crippen molar-refractivity contribution >= 4 is 11.8 Å². The Balaban J connectivity index is 1.54. The minimum Gasteiger partial charge on any atom is -0.455 e. The number of carbonyl (C=O) groups is 2. The summed E-state index contributed by atoms with van der Waals surface area (Å²) in [5.74, 6) is -1.44. The highest BCUT2D eigenvalue weighted by Gasteiger charge is 2.77. The molecule has 1 heterocycles. The van der Waals surface area contributed by atoms with Crippen LogP contribution >= 0.6 is 0 Å². The van der Waals surface area contributed by atoms with Gasteiger partial charge in [0.15, 0.2) is 5.78 Å². The second-order valence-electron chi connectivity index (χ2n) is 12.3. The number of aliphatic hydroxyl groups is 5. The number of ketones is 1. The Hall–Kier alpha value is -1.84. The molecular weight excluding hydrogens is 464 g/mol. The van der Waals surface area contributed by atoms with Crippen molar-refractivity contribution in [1.29, 1.82) is 0 Å². The maximum absolute atomic E-state index is 13.2. The van der Waals surface area contributed by atoms with Gasteiger partial charge in [-0.15, -0.1) is 0 Å². The second kappa shape index (κ2) is 7.84. The standard InChI is InChI=1S/C28H38O8/c1-15-16(14-29)12-22(36-23(15)32)26(4,33)28(35)11-10-27(34)19-13-20(30)18-6-5-7-21(31)25(18,3)17(19)8-9-24(27,28)2/h5-7,17,19-20,22,29-30,33-35H,8-14H2,1-4H3/t17-,19+,20+,22+,24-,25+,26-,27+,28-/m0/s1. The van der Waals surface area contributed by atoms with Crippen molar-refractivity contribution < 1.29 is 39.9 Å². The predicted molar refractivity (Wildman–Crippen MR) is 129 cm³/mol. The van der Waals surface area contributed by atoms with Gasteiger partial charge in [-0.2, -0.15) is 0 Å². The van der Waals surface area contributed by atoms with E-state index in [2.05, 4.69) is 0 Å². The molecule has 4 aliphatic carbocycles. The van der Waals surface area contributed by atoms with Crippen molar-refractivity contribution in [3.05, 3.63) is 34.9 Å². The van der Waals surface area contributed by atoms with Gasteiger partial charge < -0.3 is 30.3 Å². The molecule has 0 saturated heterocycles. The summed E-state index contributed by atoms with van der Waals surface area (Å²) in [6.07, 6.45) is 4.43. The van der Waals surface area contributed by atoms with Crippen LogP contribution in [0.1, 0.15) is 66.2 Å². The fraction of sp³-hybridized carbons (Fsp3) is 0.714. The molecule has 8 heteroatoms. The first-order chi connectivity index (χ1) is 16.7. The third-order valence-corrected chi connectivity index (χ3v) is 11.2. The van der Waals surface area contributed by atoms with Gasteiger partial charge in [0.1, 0.15) is 17.3 Å². The molecule has 0 amide bonds. The van der Waals surface area contributed by atoms with Gasteiger partial charge in [-0.25, -0.2) is 4.79 Å². The van der Waals surface area contributed by atoms with Crippen LogP contribution in [-0.4, -0.2) is 72.9 Å².